The molecule has 2 aliphatic rings. The molecule has 2 fully saturated rings. The Morgan fingerprint density at radius 1 is 1.14 bits per heavy atom. The summed E-state index contributed by atoms with van der Waals surface area (Å²) < 4.78 is 19.1. The van der Waals surface area contributed by atoms with E-state index in [4.69, 9.17) is 4.42 Å². The monoisotopic (exact) mass is 393 g/mol. The lowest BCUT2D eigenvalue weighted by molar-refractivity contribution is 0.0463. The Morgan fingerprint density at radius 2 is 1.86 bits per heavy atom. The van der Waals surface area contributed by atoms with E-state index in [0.717, 1.165) is 12.8 Å². The first-order valence-corrected chi connectivity index (χ1v) is 10.3. The van der Waals surface area contributed by atoms with Crippen LogP contribution in [0, 0.1) is 5.82 Å². The molecule has 2 aliphatic heterocycles. The summed E-state index contributed by atoms with van der Waals surface area (Å²) in [5.41, 5.74) is 2.26. The summed E-state index contributed by atoms with van der Waals surface area (Å²) in [6.07, 6.45) is 5.68. The minimum absolute atomic E-state index is 0.120. The molecule has 29 heavy (non-hydrogen) atoms. The van der Waals surface area contributed by atoms with Crippen molar-refractivity contribution in [2.45, 2.75) is 50.2 Å². The van der Waals surface area contributed by atoms with E-state index in [0.29, 0.717) is 40.2 Å². The molecule has 150 valence electrons. The average Bonchev–Trinajstić information content (AvgIpc) is 3.13. The first-order chi connectivity index (χ1) is 14.1. The number of carbonyl (C=O) groups is 1. The van der Waals surface area contributed by atoms with E-state index in [-0.39, 0.29) is 17.8 Å². The van der Waals surface area contributed by atoms with E-state index >= 15 is 0 Å². The molecule has 3 atom stereocenters. The number of rotatable bonds is 3. The maximum atomic E-state index is 13.2. The Kier molecular flexibility index (Phi) is 4.59. The summed E-state index contributed by atoms with van der Waals surface area (Å²) in [6.45, 7) is 0. The molecule has 2 bridgehead atoms. The van der Waals surface area contributed by atoms with Crippen molar-refractivity contribution >= 4 is 17.0 Å². The van der Waals surface area contributed by atoms with Gasteiger partial charge in [0.25, 0.3) is 5.91 Å². The molecular weight excluding hydrogens is 369 g/mol. The van der Waals surface area contributed by atoms with Gasteiger partial charge in [0.2, 0.25) is 5.89 Å². The smallest absolute Gasteiger partial charge is 0.255 e. The number of nitrogens with zero attached hydrogens (tertiary/aromatic N) is 2. The quantitative estimate of drug-likeness (QED) is 0.718. The molecule has 2 saturated heterocycles. The Hall–Kier alpha value is -2.73. The predicted molar refractivity (Wildman–Crippen MR) is 109 cm³/mol. The van der Waals surface area contributed by atoms with Crippen LogP contribution in [0.4, 0.5) is 4.39 Å². The van der Waals surface area contributed by atoms with Gasteiger partial charge >= 0.3 is 0 Å². The van der Waals surface area contributed by atoms with Crippen molar-refractivity contribution in [1.82, 2.24) is 15.2 Å². The second kappa shape index (κ2) is 7.26. The van der Waals surface area contributed by atoms with E-state index in [1.807, 2.05) is 12.1 Å². The van der Waals surface area contributed by atoms with Crippen LogP contribution in [-0.4, -0.2) is 41.0 Å². The van der Waals surface area contributed by atoms with Crippen LogP contribution in [0.25, 0.3) is 22.6 Å². The molecule has 2 aromatic carbocycles. The fraction of sp³-hybridized carbons (Fsp3) is 0.391. The number of halogens is 1. The number of piperidine rings is 2. The summed E-state index contributed by atoms with van der Waals surface area (Å²) in [5, 5.41) is 3.23. The van der Waals surface area contributed by atoms with E-state index in [2.05, 4.69) is 22.2 Å². The highest BCUT2D eigenvalue weighted by atomic mass is 19.1. The summed E-state index contributed by atoms with van der Waals surface area (Å²) in [4.78, 5) is 20.0. The van der Waals surface area contributed by atoms with Gasteiger partial charge in [0.05, 0.1) is 5.56 Å². The molecule has 0 spiro atoms. The van der Waals surface area contributed by atoms with Crippen LogP contribution in [0.5, 0.6) is 0 Å². The van der Waals surface area contributed by atoms with Crippen LogP contribution in [0.1, 0.15) is 42.5 Å². The van der Waals surface area contributed by atoms with Crippen LogP contribution in [0.2, 0.25) is 0 Å². The van der Waals surface area contributed by atoms with Crippen LogP contribution >= 0.6 is 0 Å². The van der Waals surface area contributed by atoms with Crippen molar-refractivity contribution in [1.29, 1.82) is 0 Å². The third kappa shape index (κ3) is 3.42. The molecule has 0 aliphatic carbocycles. The highest BCUT2D eigenvalue weighted by molar-refractivity contribution is 6.04. The topological polar surface area (TPSA) is 58.4 Å². The van der Waals surface area contributed by atoms with Crippen molar-refractivity contribution in [3.63, 3.8) is 0 Å². The third-order valence-corrected chi connectivity index (χ3v) is 6.43. The first-order valence-electron chi connectivity index (χ1n) is 10.3. The van der Waals surface area contributed by atoms with Gasteiger partial charge in [0.1, 0.15) is 11.3 Å². The number of hydrogen-bond acceptors (Lipinski definition) is 4. The number of para-hydroxylation sites is 1. The number of hydrogen-bond donors (Lipinski definition) is 1. The Labute approximate surface area is 168 Å². The highest BCUT2D eigenvalue weighted by Crippen LogP contribution is 2.33. The minimum Gasteiger partial charge on any atom is -0.435 e. The second-order valence-electron chi connectivity index (χ2n) is 8.23. The SMILES string of the molecule is CN1[C@@H]2CCC[C@H]1CC(NC(=O)c1cccc3nc(-c4ccc(F)cc4)oc13)C2. The summed E-state index contributed by atoms with van der Waals surface area (Å²) >= 11 is 0. The van der Waals surface area contributed by atoms with Gasteiger partial charge in [0.15, 0.2) is 5.58 Å². The maximum absolute atomic E-state index is 13.2. The molecular formula is C23H24FN3O2. The van der Waals surface area contributed by atoms with Gasteiger partial charge in [-0.25, -0.2) is 9.37 Å². The summed E-state index contributed by atoms with van der Waals surface area (Å²) in [6, 6.07) is 12.7. The van der Waals surface area contributed by atoms with Crippen LogP contribution < -0.4 is 5.32 Å². The van der Waals surface area contributed by atoms with Gasteiger partial charge in [-0.1, -0.05) is 12.5 Å². The lowest BCUT2D eigenvalue weighted by Gasteiger charge is -2.47. The number of carbonyl (C=O) groups excluding carboxylic acids is 1. The molecule has 3 heterocycles. The molecule has 1 unspecified atom stereocenters. The van der Waals surface area contributed by atoms with Gasteiger partial charge < -0.3 is 14.6 Å². The predicted octanol–water partition coefficient (Wildman–Crippen LogP) is 4.38. The third-order valence-electron chi connectivity index (χ3n) is 6.43. The molecule has 6 heteroatoms. The zero-order valence-corrected chi connectivity index (χ0v) is 16.4. The van der Waals surface area contributed by atoms with E-state index in [1.165, 1.54) is 31.4 Å². The molecule has 1 N–H and O–H groups in total. The van der Waals surface area contributed by atoms with Gasteiger partial charge in [-0.3, -0.25) is 4.79 Å². The molecule has 3 aromatic rings. The number of nitrogens with one attached hydrogen (secondary N) is 1. The molecule has 0 saturated carbocycles. The average molecular weight is 393 g/mol. The molecule has 5 rings (SSSR count). The minimum atomic E-state index is -0.312. The summed E-state index contributed by atoms with van der Waals surface area (Å²) in [7, 11) is 2.21. The lowest BCUT2D eigenvalue weighted by atomic mass is 9.82. The molecule has 5 nitrogen and oxygen atoms in total. The van der Waals surface area contributed by atoms with Crippen molar-refractivity contribution in [2.24, 2.45) is 0 Å². The summed E-state index contributed by atoms with van der Waals surface area (Å²) in [5.74, 6) is -0.0491. The van der Waals surface area contributed by atoms with Crippen molar-refractivity contribution in [3.8, 4) is 11.5 Å². The van der Waals surface area contributed by atoms with Gasteiger partial charge in [-0.15, -0.1) is 0 Å². The molecule has 1 aromatic heterocycles. The number of amides is 1. The Morgan fingerprint density at radius 3 is 2.59 bits per heavy atom. The highest BCUT2D eigenvalue weighted by Gasteiger charge is 2.36. The lowest BCUT2D eigenvalue weighted by Crippen LogP contribution is -2.55. The molecule has 1 amide bonds. The van der Waals surface area contributed by atoms with Crippen LogP contribution in [0.3, 0.4) is 0 Å². The number of oxazole rings is 1. The van der Waals surface area contributed by atoms with Crippen LogP contribution in [-0.2, 0) is 0 Å². The van der Waals surface area contributed by atoms with E-state index in [9.17, 15) is 9.18 Å². The number of benzene rings is 2. The maximum Gasteiger partial charge on any atom is 0.255 e. The zero-order valence-electron chi connectivity index (χ0n) is 16.4. The number of fused-ring (bicyclic) bond motifs is 3. The first kappa shape index (κ1) is 18.3. The standard InChI is InChI=1S/C23H24FN3O2/c1-27-17-4-2-5-18(27)13-16(12-17)25-22(28)19-6-3-7-20-21(19)29-23(26-20)14-8-10-15(24)11-9-14/h3,6-11,16-18H,2,4-5,12-13H2,1H3,(H,25,28)/t16?,17-,18+. The number of aromatic nitrogens is 1. The Bertz CT molecular complexity index is 1030. The van der Waals surface area contributed by atoms with Crippen LogP contribution in [0.15, 0.2) is 46.9 Å². The van der Waals surface area contributed by atoms with E-state index < -0.39 is 0 Å². The van der Waals surface area contributed by atoms with Crippen molar-refractivity contribution in [2.75, 3.05) is 7.05 Å². The second-order valence-corrected chi connectivity index (χ2v) is 8.23. The Balaban J connectivity index is 1.39. The zero-order chi connectivity index (χ0) is 20.0. The fourth-order valence-electron chi connectivity index (χ4n) is 4.84. The van der Waals surface area contributed by atoms with E-state index in [1.54, 1.807) is 18.2 Å². The van der Waals surface area contributed by atoms with Crippen molar-refractivity contribution in [3.05, 3.63) is 53.8 Å². The van der Waals surface area contributed by atoms with Crippen molar-refractivity contribution < 1.29 is 13.6 Å². The van der Waals surface area contributed by atoms with Gasteiger partial charge in [-0.05, 0) is 69.1 Å². The van der Waals surface area contributed by atoms with Gasteiger partial charge in [-0.2, -0.15) is 0 Å². The fourth-order valence-corrected chi connectivity index (χ4v) is 4.84. The normalized spacial score (nSPS) is 24.6. The van der Waals surface area contributed by atoms with Gasteiger partial charge in [0, 0.05) is 23.7 Å². The largest absolute Gasteiger partial charge is 0.435 e. The molecule has 0 radical (unpaired) electrons.